The Bertz CT molecular complexity index is 912. The Balaban J connectivity index is 2.34. The second-order valence-corrected chi connectivity index (χ2v) is 6.56. The zero-order valence-corrected chi connectivity index (χ0v) is 14.3. The fourth-order valence-electron chi connectivity index (χ4n) is 2.91. The van der Waals surface area contributed by atoms with Crippen LogP contribution >= 0.6 is 0 Å². The number of hydrogen-bond donors (Lipinski definition) is 0. The first-order valence-corrected chi connectivity index (χ1v) is 8.10. The third-order valence-corrected chi connectivity index (χ3v) is 4.19. The van der Waals surface area contributed by atoms with E-state index in [9.17, 15) is 0 Å². The molecule has 3 rings (SSSR count). The molecule has 0 aliphatic heterocycles. The van der Waals surface area contributed by atoms with E-state index in [1.165, 1.54) is 5.56 Å². The smallest absolute Gasteiger partial charge is 0.144 e. The fourth-order valence-corrected chi connectivity index (χ4v) is 2.91. The van der Waals surface area contributed by atoms with E-state index in [2.05, 4.69) is 58.5 Å². The van der Waals surface area contributed by atoms with Crippen molar-refractivity contribution in [2.45, 2.75) is 39.7 Å². The second-order valence-electron chi connectivity index (χ2n) is 6.56. The van der Waals surface area contributed by atoms with Gasteiger partial charge in [-0.25, -0.2) is 0 Å². The van der Waals surface area contributed by atoms with Crippen LogP contribution in [0.3, 0.4) is 0 Å². The topological polar surface area (TPSA) is 25.5 Å². The van der Waals surface area contributed by atoms with Crippen molar-refractivity contribution in [3.05, 3.63) is 60.2 Å². The van der Waals surface area contributed by atoms with Crippen LogP contribution in [0, 0.1) is 6.92 Å². The molecule has 118 valence electrons. The molecule has 0 saturated heterocycles. The normalized spacial score (nSPS) is 13.0. The van der Waals surface area contributed by atoms with Gasteiger partial charge < -0.3 is 4.42 Å². The van der Waals surface area contributed by atoms with Gasteiger partial charge in [-0.15, -0.1) is 6.58 Å². The summed E-state index contributed by atoms with van der Waals surface area (Å²) in [5.41, 5.74) is 4.94. The van der Waals surface area contributed by atoms with Gasteiger partial charge in [-0.3, -0.25) is 4.99 Å². The predicted octanol–water partition coefficient (Wildman–Crippen LogP) is 6.06. The molecular weight excluding hydrogens is 282 g/mol. The lowest BCUT2D eigenvalue weighted by molar-refractivity contribution is 0.654. The van der Waals surface area contributed by atoms with Crippen LogP contribution in [-0.4, -0.2) is 11.3 Å². The minimum Gasteiger partial charge on any atom is -0.455 e. The third-order valence-electron chi connectivity index (χ3n) is 4.19. The van der Waals surface area contributed by atoms with E-state index >= 15 is 0 Å². The molecule has 2 heteroatoms. The Labute approximate surface area is 137 Å². The Morgan fingerprint density at radius 3 is 2.65 bits per heavy atom. The number of furan rings is 1. The molecule has 0 amide bonds. The Morgan fingerprint density at radius 1 is 1.22 bits per heavy atom. The summed E-state index contributed by atoms with van der Waals surface area (Å²) in [6.45, 7) is 12.3. The molecule has 1 heterocycles. The van der Waals surface area contributed by atoms with Crippen molar-refractivity contribution < 1.29 is 4.42 Å². The number of fused-ring (bicyclic) bond motifs is 3. The molecule has 0 aliphatic carbocycles. The fraction of sp³-hybridized carbons (Fsp3) is 0.286. The van der Waals surface area contributed by atoms with Gasteiger partial charge in [0, 0.05) is 22.0 Å². The lowest BCUT2D eigenvalue weighted by Gasteiger charge is -2.17. The molecule has 2 nitrogen and oxygen atoms in total. The SMILES string of the molecule is C=CC(C)(C)N=C(CC)c1cc(C)cc2c1oc1ccccc12. The van der Waals surface area contributed by atoms with Crippen LogP contribution in [0.5, 0.6) is 0 Å². The van der Waals surface area contributed by atoms with E-state index in [1.807, 2.05) is 18.2 Å². The first kappa shape index (κ1) is 15.5. The molecular formula is C21H23NO. The van der Waals surface area contributed by atoms with Gasteiger partial charge in [-0.1, -0.05) is 31.2 Å². The van der Waals surface area contributed by atoms with Crippen LogP contribution in [0.4, 0.5) is 0 Å². The van der Waals surface area contributed by atoms with Gasteiger partial charge in [0.1, 0.15) is 11.2 Å². The molecule has 0 spiro atoms. The highest BCUT2D eigenvalue weighted by atomic mass is 16.3. The maximum absolute atomic E-state index is 6.16. The molecule has 0 bridgehead atoms. The lowest BCUT2D eigenvalue weighted by atomic mass is 9.99. The number of hydrogen-bond acceptors (Lipinski definition) is 2. The monoisotopic (exact) mass is 305 g/mol. The molecule has 0 fully saturated rings. The van der Waals surface area contributed by atoms with Gasteiger partial charge in [-0.2, -0.15) is 0 Å². The molecule has 0 N–H and O–H groups in total. The molecule has 23 heavy (non-hydrogen) atoms. The highest BCUT2D eigenvalue weighted by Crippen LogP contribution is 2.33. The Hall–Kier alpha value is -2.35. The standard InChI is InChI=1S/C21H23NO/c1-6-18(22-21(4,5)7-2)17-13-14(3)12-16-15-10-8-9-11-19(15)23-20(16)17/h7-13H,2,6H2,1,3-5H3. The number of para-hydroxylation sites is 1. The van der Waals surface area contributed by atoms with Gasteiger partial charge in [0.15, 0.2) is 0 Å². The van der Waals surface area contributed by atoms with Crippen molar-refractivity contribution in [1.82, 2.24) is 0 Å². The van der Waals surface area contributed by atoms with Crippen LogP contribution in [-0.2, 0) is 0 Å². The predicted molar refractivity (Wildman–Crippen MR) is 99.6 cm³/mol. The zero-order chi connectivity index (χ0) is 16.6. The summed E-state index contributed by atoms with van der Waals surface area (Å²) in [7, 11) is 0. The summed E-state index contributed by atoms with van der Waals surface area (Å²) in [6, 6.07) is 12.6. The summed E-state index contributed by atoms with van der Waals surface area (Å²) in [5.74, 6) is 0. The quantitative estimate of drug-likeness (QED) is 0.425. The van der Waals surface area contributed by atoms with Crippen LogP contribution in [0.2, 0.25) is 0 Å². The van der Waals surface area contributed by atoms with E-state index in [0.717, 1.165) is 39.6 Å². The summed E-state index contributed by atoms with van der Waals surface area (Å²) < 4.78 is 6.16. The molecule has 0 radical (unpaired) electrons. The van der Waals surface area contributed by atoms with Gasteiger partial charge in [0.05, 0.1) is 5.54 Å². The highest BCUT2D eigenvalue weighted by Gasteiger charge is 2.18. The van der Waals surface area contributed by atoms with Gasteiger partial charge >= 0.3 is 0 Å². The minimum absolute atomic E-state index is 0.284. The molecule has 2 aromatic carbocycles. The third kappa shape index (κ3) is 2.81. The molecule has 0 aliphatic rings. The van der Waals surface area contributed by atoms with Crippen LogP contribution < -0.4 is 0 Å². The van der Waals surface area contributed by atoms with Crippen LogP contribution in [0.25, 0.3) is 21.9 Å². The van der Waals surface area contributed by atoms with Crippen molar-refractivity contribution in [2.75, 3.05) is 0 Å². The van der Waals surface area contributed by atoms with Gasteiger partial charge in [0.2, 0.25) is 0 Å². The number of nitrogens with zero attached hydrogens (tertiary/aromatic N) is 1. The first-order chi connectivity index (χ1) is 10.9. The van der Waals surface area contributed by atoms with Crippen molar-refractivity contribution in [1.29, 1.82) is 0 Å². The van der Waals surface area contributed by atoms with Crippen LogP contribution in [0.1, 0.15) is 38.3 Å². The molecule has 0 atom stereocenters. The Kier molecular flexibility index (Phi) is 3.85. The molecule has 3 aromatic rings. The summed E-state index contributed by atoms with van der Waals surface area (Å²) in [4.78, 5) is 4.92. The van der Waals surface area contributed by atoms with E-state index in [4.69, 9.17) is 9.41 Å². The van der Waals surface area contributed by atoms with Crippen molar-refractivity contribution in [3.63, 3.8) is 0 Å². The number of aryl methyl sites for hydroxylation is 1. The largest absolute Gasteiger partial charge is 0.455 e. The lowest BCUT2D eigenvalue weighted by Crippen LogP contribution is -2.16. The Morgan fingerprint density at radius 2 is 1.96 bits per heavy atom. The van der Waals surface area contributed by atoms with Crippen molar-refractivity contribution in [3.8, 4) is 0 Å². The number of benzene rings is 2. The molecule has 0 saturated carbocycles. The van der Waals surface area contributed by atoms with Crippen molar-refractivity contribution >= 4 is 27.7 Å². The highest BCUT2D eigenvalue weighted by molar-refractivity contribution is 6.15. The average Bonchev–Trinajstić information content (AvgIpc) is 2.90. The summed E-state index contributed by atoms with van der Waals surface area (Å²) in [6.07, 6.45) is 2.74. The number of rotatable bonds is 4. The van der Waals surface area contributed by atoms with Gasteiger partial charge in [0.25, 0.3) is 0 Å². The molecule has 0 unspecified atom stereocenters. The van der Waals surface area contributed by atoms with E-state index < -0.39 is 0 Å². The van der Waals surface area contributed by atoms with Crippen molar-refractivity contribution in [2.24, 2.45) is 4.99 Å². The van der Waals surface area contributed by atoms with Crippen LogP contribution in [0.15, 0.2) is 58.5 Å². The summed E-state index contributed by atoms with van der Waals surface area (Å²) >= 11 is 0. The van der Waals surface area contributed by atoms with E-state index in [0.29, 0.717) is 0 Å². The zero-order valence-electron chi connectivity index (χ0n) is 14.3. The minimum atomic E-state index is -0.284. The maximum atomic E-state index is 6.16. The van der Waals surface area contributed by atoms with E-state index in [-0.39, 0.29) is 5.54 Å². The summed E-state index contributed by atoms with van der Waals surface area (Å²) in [5, 5.41) is 2.32. The molecule has 1 aromatic heterocycles. The average molecular weight is 305 g/mol. The first-order valence-electron chi connectivity index (χ1n) is 8.10. The second kappa shape index (κ2) is 5.69. The van der Waals surface area contributed by atoms with E-state index in [1.54, 1.807) is 0 Å². The van der Waals surface area contributed by atoms with Gasteiger partial charge in [-0.05, 0) is 51.0 Å². The maximum Gasteiger partial charge on any atom is 0.144 e. The number of aliphatic imine (C=N–C) groups is 1.